The summed E-state index contributed by atoms with van der Waals surface area (Å²) in [6, 6.07) is 15.9. The molecule has 8 heteroatoms. The molecule has 3 rings (SSSR count). The Bertz CT molecular complexity index is 825. The van der Waals surface area contributed by atoms with Crippen molar-refractivity contribution in [2.75, 3.05) is 11.1 Å². The van der Waals surface area contributed by atoms with Gasteiger partial charge in [0.1, 0.15) is 5.82 Å². The number of amides is 1. The van der Waals surface area contributed by atoms with Crippen molar-refractivity contribution in [3.05, 3.63) is 66.3 Å². The molecule has 1 aromatic heterocycles. The van der Waals surface area contributed by atoms with Crippen LogP contribution in [0.1, 0.15) is 5.89 Å². The number of nitrogens with zero attached hydrogens (tertiary/aromatic N) is 2. The third-order valence-electron chi connectivity index (χ3n) is 3.00. The van der Waals surface area contributed by atoms with Gasteiger partial charge in [0.2, 0.25) is 11.8 Å². The summed E-state index contributed by atoms with van der Waals surface area (Å²) < 4.78 is 18.2. The van der Waals surface area contributed by atoms with Gasteiger partial charge in [-0.1, -0.05) is 23.3 Å². The summed E-state index contributed by atoms with van der Waals surface area (Å²) in [5.41, 5.74) is 0. The van der Waals surface area contributed by atoms with Gasteiger partial charge in [0.05, 0.1) is 11.5 Å². The van der Waals surface area contributed by atoms with Crippen LogP contribution in [0.4, 0.5) is 10.4 Å². The van der Waals surface area contributed by atoms with Crippen LogP contribution in [0.2, 0.25) is 0 Å². The molecule has 0 saturated heterocycles. The van der Waals surface area contributed by atoms with E-state index in [1.165, 1.54) is 23.9 Å². The van der Waals surface area contributed by atoms with Crippen LogP contribution in [0.15, 0.2) is 68.8 Å². The average molecular weight is 375 g/mol. The Kier molecular flexibility index (Phi) is 6.08. The lowest BCUT2D eigenvalue weighted by Crippen LogP contribution is -2.14. The van der Waals surface area contributed by atoms with E-state index < -0.39 is 0 Å². The van der Waals surface area contributed by atoms with Crippen molar-refractivity contribution in [1.82, 2.24) is 10.2 Å². The zero-order valence-electron chi connectivity index (χ0n) is 13.0. The summed E-state index contributed by atoms with van der Waals surface area (Å²) in [5.74, 6) is 0.565. The minimum Gasteiger partial charge on any atom is -0.407 e. The molecule has 0 aliphatic rings. The van der Waals surface area contributed by atoms with E-state index in [0.717, 1.165) is 9.79 Å². The Labute approximate surface area is 152 Å². The lowest BCUT2D eigenvalue weighted by Gasteiger charge is -2.01. The first kappa shape index (κ1) is 17.5. The van der Waals surface area contributed by atoms with Crippen molar-refractivity contribution in [3.8, 4) is 0 Å². The highest BCUT2D eigenvalue weighted by atomic mass is 32.2. The molecule has 0 aliphatic carbocycles. The van der Waals surface area contributed by atoms with Crippen molar-refractivity contribution in [3.63, 3.8) is 0 Å². The molecular formula is C17H14FN3O2S2. The second-order valence-corrected chi connectivity index (χ2v) is 6.99. The van der Waals surface area contributed by atoms with Gasteiger partial charge in [-0.15, -0.1) is 28.6 Å². The number of rotatable bonds is 7. The van der Waals surface area contributed by atoms with E-state index in [4.69, 9.17) is 4.42 Å². The Morgan fingerprint density at radius 2 is 1.72 bits per heavy atom. The average Bonchev–Trinajstić information content (AvgIpc) is 3.08. The molecule has 0 radical (unpaired) electrons. The van der Waals surface area contributed by atoms with Crippen LogP contribution < -0.4 is 5.32 Å². The number of hydrogen-bond acceptors (Lipinski definition) is 6. The molecule has 0 aliphatic heterocycles. The van der Waals surface area contributed by atoms with Gasteiger partial charge in [-0.2, -0.15) is 0 Å². The quantitative estimate of drug-likeness (QED) is 0.623. The number of hydrogen-bond donors (Lipinski definition) is 1. The first-order chi connectivity index (χ1) is 12.2. The van der Waals surface area contributed by atoms with E-state index in [-0.39, 0.29) is 23.5 Å². The molecule has 2 aromatic carbocycles. The molecule has 0 bridgehead atoms. The lowest BCUT2D eigenvalue weighted by molar-refractivity contribution is -0.113. The van der Waals surface area contributed by atoms with E-state index in [1.807, 2.05) is 30.3 Å². The molecule has 3 aromatic rings. The number of aromatic nitrogens is 2. The maximum absolute atomic E-state index is 12.8. The molecule has 0 atom stereocenters. The molecule has 0 unspecified atom stereocenters. The molecule has 0 fully saturated rings. The normalized spacial score (nSPS) is 10.6. The minimum absolute atomic E-state index is 0.0772. The molecule has 0 saturated carbocycles. The molecule has 1 N–H and O–H groups in total. The zero-order valence-corrected chi connectivity index (χ0v) is 14.6. The highest BCUT2D eigenvalue weighted by molar-refractivity contribution is 8.00. The van der Waals surface area contributed by atoms with Gasteiger partial charge in [0, 0.05) is 9.79 Å². The van der Waals surface area contributed by atoms with Gasteiger partial charge in [0.15, 0.2) is 0 Å². The number of benzene rings is 2. The number of carbonyl (C=O) groups excluding carboxylic acids is 1. The van der Waals surface area contributed by atoms with Crippen LogP contribution in [0.25, 0.3) is 0 Å². The summed E-state index contributed by atoms with van der Waals surface area (Å²) >= 11 is 2.87. The van der Waals surface area contributed by atoms with Crippen LogP contribution in [0.3, 0.4) is 0 Å². The van der Waals surface area contributed by atoms with E-state index in [2.05, 4.69) is 15.5 Å². The summed E-state index contributed by atoms with van der Waals surface area (Å²) in [4.78, 5) is 13.8. The number of nitrogens with one attached hydrogen (secondary N) is 1. The van der Waals surface area contributed by atoms with Crippen molar-refractivity contribution in [2.24, 2.45) is 0 Å². The van der Waals surface area contributed by atoms with E-state index in [0.29, 0.717) is 11.6 Å². The molecule has 128 valence electrons. The third-order valence-corrected chi connectivity index (χ3v) is 5.01. The van der Waals surface area contributed by atoms with Crippen molar-refractivity contribution >= 4 is 35.4 Å². The van der Waals surface area contributed by atoms with Gasteiger partial charge < -0.3 is 4.42 Å². The molecule has 0 spiro atoms. The van der Waals surface area contributed by atoms with E-state index in [1.54, 1.807) is 23.9 Å². The first-order valence-electron chi connectivity index (χ1n) is 7.37. The van der Waals surface area contributed by atoms with Gasteiger partial charge in [0.25, 0.3) is 0 Å². The Morgan fingerprint density at radius 3 is 2.48 bits per heavy atom. The maximum atomic E-state index is 12.8. The maximum Gasteiger partial charge on any atom is 0.322 e. The standard InChI is InChI=1S/C17H14FN3O2S2/c18-12-6-8-14(9-7-12)24-10-15(22)19-17-21-20-16(23-17)11-25-13-4-2-1-3-5-13/h1-9H,10-11H2,(H,19,21,22). The van der Waals surface area contributed by atoms with E-state index in [9.17, 15) is 9.18 Å². The topological polar surface area (TPSA) is 68.0 Å². The van der Waals surface area contributed by atoms with E-state index >= 15 is 0 Å². The molecule has 5 nitrogen and oxygen atoms in total. The fourth-order valence-corrected chi connectivity index (χ4v) is 3.31. The van der Waals surface area contributed by atoms with Gasteiger partial charge in [-0.3, -0.25) is 10.1 Å². The first-order valence-corrected chi connectivity index (χ1v) is 9.34. The van der Waals surface area contributed by atoms with Gasteiger partial charge in [-0.25, -0.2) is 4.39 Å². The van der Waals surface area contributed by atoms with Gasteiger partial charge in [-0.05, 0) is 36.4 Å². The highest BCUT2D eigenvalue weighted by Crippen LogP contribution is 2.22. The van der Waals surface area contributed by atoms with Crippen LogP contribution in [-0.2, 0) is 10.5 Å². The summed E-state index contributed by atoms with van der Waals surface area (Å²) in [7, 11) is 0. The van der Waals surface area contributed by atoms with Crippen LogP contribution >= 0.6 is 23.5 Å². The monoisotopic (exact) mass is 375 g/mol. The summed E-state index contributed by atoms with van der Waals surface area (Å²) in [6.45, 7) is 0. The number of anilines is 1. The fourth-order valence-electron chi connectivity index (χ4n) is 1.86. The van der Waals surface area contributed by atoms with Crippen molar-refractivity contribution in [1.29, 1.82) is 0 Å². The SMILES string of the molecule is O=C(CSc1ccc(F)cc1)Nc1nnc(CSc2ccccc2)o1. The predicted octanol–water partition coefficient (Wildman–Crippen LogP) is 4.23. The lowest BCUT2D eigenvalue weighted by atomic mass is 10.4. The largest absolute Gasteiger partial charge is 0.407 e. The van der Waals surface area contributed by atoms with Crippen molar-refractivity contribution < 1.29 is 13.6 Å². The summed E-state index contributed by atoms with van der Waals surface area (Å²) in [5, 5.41) is 10.3. The van der Waals surface area contributed by atoms with Gasteiger partial charge >= 0.3 is 6.01 Å². The molecule has 1 heterocycles. The Morgan fingerprint density at radius 1 is 1.00 bits per heavy atom. The van der Waals surface area contributed by atoms with Crippen LogP contribution in [0.5, 0.6) is 0 Å². The zero-order chi connectivity index (χ0) is 17.5. The number of halogens is 1. The van der Waals surface area contributed by atoms with Crippen molar-refractivity contribution in [2.45, 2.75) is 15.5 Å². The molecule has 1 amide bonds. The smallest absolute Gasteiger partial charge is 0.322 e. The van der Waals surface area contributed by atoms with Crippen LogP contribution in [-0.4, -0.2) is 21.9 Å². The fraction of sp³-hybridized carbons (Fsp3) is 0.118. The third kappa shape index (κ3) is 5.61. The highest BCUT2D eigenvalue weighted by Gasteiger charge is 2.10. The molecule has 25 heavy (non-hydrogen) atoms. The second-order valence-electron chi connectivity index (χ2n) is 4.89. The second kappa shape index (κ2) is 8.68. The molecular weight excluding hydrogens is 361 g/mol. The van der Waals surface area contributed by atoms with Crippen LogP contribution in [0, 0.1) is 5.82 Å². The number of carbonyl (C=O) groups is 1. The summed E-state index contributed by atoms with van der Waals surface area (Å²) in [6.07, 6.45) is 0. The Balaban J connectivity index is 1.45. The number of thioether (sulfide) groups is 2. The minimum atomic E-state index is -0.305. The predicted molar refractivity (Wildman–Crippen MR) is 96.1 cm³/mol. The Hall–Kier alpha value is -2.32.